The van der Waals surface area contributed by atoms with E-state index in [9.17, 15) is 4.79 Å². The molecule has 1 N–H and O–H groups in total. The fourth-order valence-corrected chi connectivity index (χ4v) is 3.76. The molecular formula is C20H24N2O3S. The molecule has 0 radical (unpaired) electrons. The lowest BCUT2D eigenvalue weighted by molar-refractivity contribution is -0.138. The number of carbonyl (C=O) groups excluding carboxylic acids is 1. The summed E-state index contributed by atoms with van der Waals surface area (Å²) in [6.45, 7) is 7.60. The van der Waals surface area contributed by atoms with Crippen LogP contribution in [0, 0.1) is 6.92 Å². The molecule has 0 fully saturated rings. The number of rotatable bonds is 8. The van der Waals surface area contributed by atoms with Gasteiger partial charge in [0.25, 0.3) is 5.91 Å². The molecule has 3 aromatic rings. The number of pyridine rings is 1. The highest BCUT2D eigenvalue weighted by Crippen LogP contribution is 2.27. The summed E-state index contributed by atoms with van der Waals surface area (Å²) in [6.07, 6.45) is 0.350. The third kappa shape index (κ3) is 4.38. The Kier molecular flexibility index (Phi) is 6.19. The molecule has 1 amide bonds. The highest BCUT2D eigenvalue weighted by atomic mass is 32.1. The van der Waals surface area contributed by atoms with Crippen molar-refractivity contribution in [2.24, 2.45) is 0 Å². The third-order valence-corrected chi connectivity index (χ3v) is 5.10. The van der Waals surface area contributed by atoms with E-state index in [-0.39, 0.29) is 12.2 Å². The third-order valence-electron chi connectivity index (χ3n) is 4.05. The topological polar surface area (TPSA) is 60.5 Å². The minimum atomic E-state index is -0.275. The molecule has 0 saturated heterocycles. The zero-order valence-corrected chi connectivity index (χ0v) is 16.2. The van der Waals surface area contributed by atoms with Gasteiger partial charge in [-0.2, -0.15) is 0 Å². The number of aryl methyl sites for hydroxylation is 1. The Balaban J connectivity index is 1.69. The summed E-state index contributed by atoms with van der Waals surface area (Å²) in [7, 11) is 0. The van der Waals surface area contributed by atoms with Gasteiger partial charge in [0.05, 0.1) is 10.4 Å². The summed E-state index contributed by atoms with van der Waals surface area (Å²) in [4.78, 5) is 18.7. The Labute approximate surface area is 157 Å². The van der Waals surface area contributed by atoms with Gasteiger partial charge in [-0.3, -0.25) is 4.79 Å². The van der Waals surface area contributed by atoms with Gasteiger partial charge in [-0.25, -0.2) is 4.98 Å². The van der Waals surface area contributed by atoms with Gasteiger partial charge in [-0.15, -0.1) is 11.3 Å². The smallest absolute Gasteiger partial charge is 0.261 e. The van der Waals surface area contributed by atoms with E-state index in [1.165, 1.54) is 16.9 Å². The van der Waals surface area contributed by atoms with E-state index in [1.54, 1.807) is 0 Å². The molecule has 0 atom stereocenters. The molecule has 138 valence electrons. The number of benzene rings is 1. The second kappa shape index (κ2) is 8.58. The highest BCUT2D eigenvalue weighted by Gasteiger charge is 2.13. The number of nitrogens with one attached hydrogen (secondary N) is 1. The first-order chi connectivity index (χ1) is 12.6. The fraction of sp³-hybridized carbons (Fsp3) is 0.400. The lowest BCUT2D eigenvalue weighted by Gasteiger charge is -2.16. The second-order valence-electron chi connectivity index (χ2n) is 6.07. The van der Waals surface area contributed by atoms with Gasteiger partial charge in [0, 0.05) is 37.0 Å². The molecule has 2 heterocycles. The minimum absolute atomic E-state index is 0.0833. The highest BCUT2D eigenvalue weighted by molar-refractivity contribution is 7.20. The van der Waals surface area contributed by atoms with E-state index in [0.29, 0.717) is 31.1 Å². The zero-order valence-electron chi connectivity index (χ0n) is 15.4. The normalized spacial score (nSPS) is 11.5. The number of carbonyl (C=O) groups is 1. The first-order valence-electron chi connectivity index (χ1n) is 8.93. The van der Waals surface area contributed by atoms with Crippen molar-refractivity contribution in [2.75, 3.05) is 19.8 Å². The SMILES string of the molecule is CCOC(CCNC(=O)c1cc2cc3ccc(C)cc3nc2s1)OCC. The van der Waals surface area contributed by atoms with Crippen molar-refractivity contribution < 1.29 is 14.3 Å². The Morgan fingerprint density at radius 3 is 2.65 bits per heavy atom. The van der Waals surface area contributed by atoms with Crippen LogP contribution >= 0.6 is 11.3 Å². The number of hydrogen-bond donors (Lipinski definition) is 1. The van der Waals surface area contributed by atoms with Crippen LogP contribution < -0.4 is 5.32 Å². The lowest BCUT2D eigenvalue weighted by Crippen LogP contribution is -2.28. The van der Waals surface area contributed by atoms with Crippen LogP contribution in [0.4, 0.5) is 0 Å². The molecule has 2 aromatic heterocycles. The average Bonchev–Trinajstić information content (AvgIpc) is 3.03. The van der Waals surface area contributed by atoms with Crippen LogP contribution in [0.3, 0.4) is 0 Å². The summed E-state index contributed by atoms with van der Waals surface area (Å²) in [5.41, 5.74) is 2.14. The average molecular weight is 372 g/mol. The molecule has 6 heteroatoms. The maximum Gasteiger partial charge on any atom is 0.261 e. The number of ether oxygens (including phenoxy) is 2. The molecule has 5 nitrogen and oxygen atoms in total. The van der Waals surface area contributed by atoms with Crippen molar-refractivity contribution >= 4 is 38.4 Å². The number of fused-ring (bicyclic) bond motifs is 2. The predicted octanol–water partition coefficient (Wildman–Crippen LogP) is 4.28. The van der Waals surface area contributed by atoms with Gasteiger partial charge in [0.2, 0.25) is 0 Å². The molecule has 0 saturated carbocycles. The van der Waals surface area contributed by atoms with Gasteiger partial charge < -0.3 is 14.8 Å². The molecule has 0 aliphatic carbocycles. The molecule has 0 unspecified atom stereocenters. The van der Waals surface area contributed by atoms with Crippen LogP contribution in [0.5, 0.6) is 0 Å². The van der Waals surface area contributed by atoms with Crippen molar-refractivity contribution in [3.63, 3.8) is 0 Å². The Morgan fingerprint density at radius 1 is 1.15 bits per heavy atom. The number of amides is 1. The van der Waals surface area contributed by atoms with E-state index in [1.807, 2.05) is 19.9 Å². The lowest BCUT2D eigenvalue weighted by atomic mass is 10.1. The van der Waals surface area contributed by atoms with Crippen molar-refractivity contribution in [3.8, 4) is 0 Å². The van der Waals surface area contributed by atoms with E-state index in [0.717, 1.165) is 21.1 Å². The fourth-order valence-electron chi connectivity index (χ4n) is 2.82. The first kappa shape index (κ1) is 18.8. The monoisotopic (exact) mass is 372 g/mol. The Hall–Kier alpha value is -2.02. The van der Waals surface area contributed by atoms with Crippen LogP contribution in [-0.4, -0.2) is 36.9 Å². The molecule has 3 rings (SSSR count). The molecule has 0 bridgehead atoms. The molecular weight excluding hydrogens is 348 g/mol. The predicted molar refractivity (Wildman–Crippen MR) is 106 cm³/mol. The maximum absolute atomic E-state index is 12.4. The largest absolute Gasteiger partial charge is 0.353 e. The number of thiophene rings is 1. The first-order valence-corrected chi connectivity index (χ1v) is 9.74. The summed E-state index contributed by atoms with van der Waals surface area (Å²) in [5.74, 6) is -0.0833. The summed E-state index contributed by atoms with van der Waals surface area (Å²) < 4.78 is 11.0. The van der Waals surface area contributed by atoms with E-state index < -0.39 is 0 Å². The zero-order chi connectivity index (χ0) is 18.5. The van der Waals surface area contributed by atoms with E-state index in [4.69, 9.17) is 14.5 Å². The van der Waals surface area contributed by atoms with Gasteiger partial charge in [0.15, 0.2) is 6.29 Å². The number of aromatic nitrogens is 1. The van der Waals surface area contributed by atoms with Gasteiger partial charge in [-0.1, -0.05) is 12.1 Å². The molecule has 26 heavy (non-hydrogen) atoms. The number of hydrogen-bond acceptors (Lipinski definition) is 5. The van der Waals surface area contributed by atoms with Gasteiger partial charge in [-0.05, 0) is 44.5 Å². The molecule has 0 spiro atoms. The molecule has 0 aliphatic rings. The molecule has 1 aromatic carbocycles. The minimum Gasteiger partial charge on any atom is -0.353 e. The van der Waals surface area contributed by atoms with E-state index in [2.05, 4.69) is 36.5 Å². The van der Waals surface area contributed by atoms with Crippen LogP contribution in [-0.2, 0) is 9.47 Å². The summed E-state index contributed by atoms with van der Waals surface area (Å²) >= 11 is 1.42. The maximum atomic E-state index is 12.4. The van der Waals surface area contributed by atoms with Gasteiger partial charge >= 0.3 is 0 Å². The standard InChI is InChI=1S/C20H24N2O3S/c1-4-24-18(25-5-2)8-9-21-19(23)17-12-15-11-14-7-6-13(3)10-16(14)22-20(15)26-17/h6-7,10-12,18H,4-5,8-9H2,1-3H3,(H,21,23). The van der Waals surface area contributed by atoms with Crippen LogP contribution in [0.25, 0.3) is 21.1 Å². The Bertz CT molecular complexity index is 901. The van der Waals surface area contributed by atoms with Crippen LogP contribution in [0.1, 0.15) is 35.5 Å². The van der Waals surface area contributed by atoms with E-state index >= 15 is 0 Å². The van der Waals surface area contributed by atoms with Crippen LogP contribution in [0.15, 0.2) is 30.3 Å². The quantitative estimate of drug-likeness (QED) is 0.600. The van der Waals surface area contributed by atoms with Crippen molar-refractivity contribution in [3.05, 3.63) is 40.8 Å². The Morgan fingerprint density at radius 2 is 1.92 bits per heavy atom. The van der Waals surface area contributed by atoms with Crippen LogP contribution in [0.2, 0.25) is 0 Å². The van der Waals surface area contributed by atoms with Crippen molar-refractivity contribution in [1.82, 2.24) is 10.3 Å². The number of nitrogens with zero attached hydrogens (tertiary/aromatic N) is 1. The summed E-state index contributed by atoms with van der Waals surface area (Å²) in [6, 6.07) is 10.2. The van der Waals surface area contributed by atoms with Crippen molar-refractivity contribution in [1.29, 1.82) is 0 Å². The summed E-state index contributed by atoms with van der Waals surface area (Å²) in [5, 5.41) is 5.03. The van der Waals surface area contributed by atoms with Gasteiger partial charge in [0.1, 0.15) is 4.83 Å². The molecule has 0 aliphatic heterocycles. The van der Waals surface area contributed by atoms with Crippen molar-refractivity contribution in [2.45, 2.75) is 33.5 Å². The second-order valence-corrected chi connectivity index (χ2v) is 7.11.